The van der Waals surface area contributed by atoms with Gasteiger partial charge >= 0.3 is 5.97 Å². The Morgan fingerprint density at radius 3 is 2.61 bits per heavy atom. The van der Waals surface area contributed by atoms with Gasteiger partial charge in [0.2, 0.25) is 5.91 Å². The van der Waals surface area contributed by atoms with E-state index in [1.165, 1.54) is 7.11 Å². The summed E-state index contributed by atoms with van der Waals surface area (Å²) in [7, 11) is 1.31. The lowest BCUT2D eigenvalue weighted by atomic mass is 10.2. The Morgan fingerprint density at radius 1 is 1.17 bits per heavy atom. The van der Waals surface area contributed by atoms with E-state index in [1.807, 2.05) is 13.0 Å². The predicted molar refractivity (Wildman–Crippen MR) is 91.1 cm³/mol. The van der Waals surface area contributed by atoms with Gasteiger partial charge in [0.25, 0.3) is 0 Å². The monoisotopic (exact) mass is 332 g/mol. The first-order valence-corrected chi connectivity index (χ1v) is 7.36. The van der Waals surface area contributed by atoms with Crippen LogP contribution >= 0.6 is 11.6 Å². The second-order valence-corrected chi connectivity index (χ2v) is 5.31. The Balaban J connectivity index is 1.99. The molecule has 0 bridgehead atoms. The molecule has 5 nitrogen and oxygen atoms in total. The highest BCUT2D eigenvalue weighted by molar-refractivity contribution is 6.31. The number of nitrogens with one attached hydrogen (secondary N) is 2. The van der Waals surface area contributed by atoms with Crippen molar-refractivity contribution in [1.29, 1.82) is 0 Å². The smallest absolute Gasteiger partial charge is 0.339 e. The molecule has 0 aliphatic heterocycles. The molecule has 2 rings (SSSR count). The van der Waals surface area contributed by atoms with Crippen LogP contribution in [0, 0.1) is 6.92 Å². The molecule has 120 valence electrons. The zero-order valence-electron chi connectivity index (χ0n) is 12.9. The van der Waals surface area contributed by atoms with Crippen LogP contribution in [0.15, 0.2) is 42.5 Å². The van der Waals surface area contributed by atoms with Gasteiger partial charge in [-0.3, -0.25) is 4.79 Å². The number of carbonyl (C=O) groups is 2. The van der Waals surface area contributed by atoms with Gasteiger partial charge in [0.1, 0.15) is 0 Å². The molecule has 0 atom stereocenters. The molecule has 0 radical (unpaired) electrons. The Kier molecular flexibility index (Phi) is 5.60. The van der Waals surface area contributed by atoms with Gasteiger partial charge in [0.05, 0.1) is 19.2 Å². The highest BCUT2D eigenvalue weighted by Gasteiger charge is 2.11. The number of carbonyl (C=O) groups excluding carboxylic acids is 2. The van der Waals surface area contributed by atoms with Crippen molar-refractivity contribution in [3.63, 3.8) is 0 Å². The molecule has 0 saturated heterocycles. The first-order valence-electron chi connectivity index (χ1n) is 6.98. The summed E-state index contributed by atoms with van der Waals surface area (Å²) in [6, 6.07) is 12.1. The van der Waals surface area contributed by atoms with E-state index in [-0.39, 0.29) is 12.5 Å². The number of hydrogen-bond donors (Lipinski definition) is 2. The minimum Gasteiger partial charge on any atom is -0.465 e. The SMILES string of the molecule is COC(=O)c1ccccc1NCC(=O)Nc1ccc(C)c(Cl)c1. The molecule has 2 aromatic rings. The quantitative estimate of drug-likeness (QED) is 0.822. The number of amides is 1. The van der Waals surface area contributed by atoms with E-state index in [9.17, 15) is 9.59 Å². The molecule has 2 N–H and O–H groups in total. The third kappa shape index (κ3) is 4.47. The van der Waals surface area contributed by atoms with Crippen LogP contribution in [0.2, 0.25) is 5.02 Å². The summed E-state index contributed by atoms with van der Waals surface area (Å²) >= 11 is 6.02. The van der Waals surface area contributed by atoms with E-state index in [1.54, 1.807) is 36.4 Å². The van der Waals surface area contributed by atoms with Crippen molar-refractivity contribution in [3.05, 3.63) is 58.6 Å². The van der Waals surface area contributed by atoms with E-state index >= 15 is 0 Å². The first-order chi connectivity index (χ1) is 11.0. The zero-order valence-corrected chi connectivity index (χ0v) is 13.6. The maximum atomic E-state index is 12.0. The van der Waals surface area contributed by atoms with Gasteiger partial charge in [-0.1, -0.05) is 29.8 Å². The zero-order chi connectivity index (χ0) is 16.8. The molecule has 0 spiro atoms. The van der Waals surface area contributed by atoms with E-state index < -0.39 is 5.97 Å². The fourth-order valence-corrected chi connectivity index (χ4v) is 2.16. The fourth-order valence-electron chi connectivity index (χ4n) is 1.98. The Labute approximate surface area is 139 Å². The van der Waals surface area contributed by atoms with Crippen molar-refractivity contribution in [2.45, 2.75) is 6.92 Å². The van der Waals surface area contributed by atoms with Crippen molar-refractivity contribution in [2.75, 3.05) is 24.3 Å². The fraction of sp³-hybridized carbons (Fsp3) is 0.176. The van der Waals surface area contributed by atoms with Crippen molar-refractivity contribution in [3.8, 4) is 0 Å². The third-order valence-corrected chi connectivity index (χ3v) is 3.63. The number of para-hydroxylation sites is 1. The van der Waals surface area contributed by atoms with E-state index in [4.69, 9.17) is 16.3 Å². The lowest BCUT2D eigenvalue weighted by Gasteiger charge is -2.11. The van der Waals surface area contributed by atoms with E-state index in [0.717, 1.165) is 5.56 Å². The molecule has 2 aromatic carbocycles. The average molecular weight is 333 g/mol. The lowest BCUT2D eigenvalue weighted by Crippen LogP contribution is -2.22. The molecular formula is C17H17ClN2O3. The average Bonchev–Trinajstić information content (AvgIpc) is 2.56. The summed E-state index contributed by atoms with van der Waals surface area (Å²) in [4.78, 5) is 23.7. The number of benzene rings is 2. The number of aryl methyl sites for hydroxylation is 1. The molecular weight excluding hydrogens is 316 g/mol. The standard InChI is InChI=1S/C17H17ClN2O3/c1-11-7-8-12(9-14(11)18)20-16(21)10-19-15-6-4-3-5-13(15)17(22)23-2/h3-9,19H,10H2,1-2H3,(H,20,21). The summed E-state index contributed by atoms with van der Waals surface area (Å²) in [6.45, 7) is 1.90. The number of halogens is 1. The molecule has 0 fully saturated rings. The number of methoxy groups -OCH3 is 1. The highest BCUT2D eigenvalue weighted by atomic mass is 35.5. The summed E-state index contributed by atoms with van der Waals surface area (Å²) in [6.07, 6.45) is 0. The summed E-state index contributed by atoms with van der Waals surface area (Å²) < 4.78 is 4.71. The van der Waals surface area contributed by atoms with Gasteiger partial charge in [-0.05, 0) is 36.8 Å². The van der Waals surface area contributed by atoms with E-state index in [2.05, 4.69) is 10.6 Å². The second kappa shape index (κ2) is 7.65. The van der Waals surface area contributed by atoms with Crippen LogP contribution in [0.25, 0.3) is 0 Å². The van der Waals surface area contributed by atoms with Crippen LogP contribution in [0.3, 0.4) is 0 Å². The number of hydrogen-bond acceptors (Lipinski definition) is 4. The van der Waals surface area contributed by atoms with Crippen molar-refractivity contribution >= 4 is 34.9 Å². The van der Waals surface area contributed by atoms with Crippen LogP contribution in [0.1, 0.15) is 15.9 Å². The van der Waals surface area contributed by atoms with Gasteiger partial charge in [-0.25, -0.2) is 4.79 Å². The van der Waals surface area contributed by atoms with Crippen LogP contribution < -0.4 is 10.6 Å². The van der Waals surface area contributed by atoms with Crippen molar-refractivity contribution in [2.24, 2.45) is 0 Å². The molecule has 0 unspecified atom stereocenters. The molecule has 0 aliphatic rings. The van der Waals surface area contributed by atoms with Gasteiger partial charge in [-0.15, -0.1) is 0 Å². The first kappa shape index (κ1) is 16.8. The normalized spacial score (nSPS) is 10.0. The lowest BCUT2D eigenvalue weighted by molar-refractivity contribution is -0.114. The summed E-state index contributed by atoms with van der Waals surface area (Å²) in [5.41, 5.74) is 2.47. The second-order valence-electron chi connectivity index (χ2n) is 4.90. The van der Waals surface area contributed by atoms with Crippen molar-refractivity contribution < 1.29 is 14.3 Å². The molecule has 0 saturated carbocycles. The molecule has 0 aromatic heterocycles. The van der Waals surface area contributed by atoms with Gasteiger partial charge in [0, 0.05) is 16.4 Å². The number of ether oxygens (including phenoxy) is 1. The molecule has 23 heavy (non-hydrogen) atoms. The maximum absolute atomic E-state index is 12.0. The van der Waals surface area contributed by atoms with Gasteiger partial charge < -0.3 is 15.4 Å². The number of esters is 1. The third-order valence-electron chi connectivity index (χ3n) is 3.23. The largest absolute Gasteiger partial charge is 0.465 e. The molecule has 0 aliphatic carbocycles. The number of anilines is 2. The minimum absolute atomic E-state index is 0.0134. The minimum atomic E-state index is -0.459. The summed E-state index contributed by atoms with van der Waals surface area (Å²) in [5, 5.41) is 6.26. The number of rotatable bonds is 5. The van der Waals surface area contributed by atoms with E-state index in [0.29, 0.717) is 22.0 Å². The van der Waals surface area contributed by atoms with Crippen LogP contribution in [0.4, 0.5) is 11.4 Å². The van der Waals surface area contributed by atoms with Gasteiger partial charge in [-0.2, -0.15) is 0 Å². The van der Waals surface area contributed by atoms with Crippen LogP contribution in [-0.2, 0) is 9.53 Å². The maximum Gasteiger partial charge on any atom is 0.339 e. The van der Waals surface area contributed by atoms with Crippen molar-refractivity contribution in [1.82, 2.24) is 0 Å². The molecule has 6 heteroatoms. The Hall–Kier alpha value is -2.53. The Morgan fingerprint density at radius 2 is 1.91 bits per heavy atom. The topological polar surface area (TPSA) is 67.4 Å². The highest BCUT2D eigenvalue weighted by Crippen LogP contribution is 2.20. The Bertz CT molecular complexity index is 732. The predicted octanol–water partition coefficient (Wildman–Crippen LogP) is 3.49. The van der Waals surface area contributed by atoms with Gasteiger partial charge in [0.15, 0.2) is 0 Å². The summed E-state index contributed by atoms with van der Waals surface area (Å²) in [5.74, 6) is -0.705. The molecule has 1 amide bonds. The van der Waals surface area contributed by atoms with Crippen LogP contribution in [0.5, 0.6) is 0 Å². The van der Waals surface area contributed by atoms with Crippen LogP contribution in [-0.4, -0.2) is 25.5 Å². The molecule has 0 heterocycles.